The molecule has 0 spiro atoms. The Labute approximate surface area is 358 Å². The highest BCUT2D eigenvalue weighted by molar-refractivity contribution is 7.44. The summed E-state index contributed by atoms with van der Waals surface area (Å²) < 4.78 is 47.8. The Bertz CT molecular complexity index is 2090. The number of hydrogen-bond acceptors (Lipinski definition) is 13. The van der Waals surface area contributed by atoms with E-state index in [1.807, 2.05) is 130 Å². The minimum atomic E-state index is -1.95. The normalized spacial score (nSPS) is 18.3. The summed E-state index contributed by atoms with van der Waals surface area (Å²) in [5.74, 6) is 1.30. The van der Waals surface area contributed by atoms with Crippen LogP contribution in [0.1, 0.15) is 57.0 Å². The highest BCUT2D eigenvalue weighted by Crippen LogP contribution is 2.51. The number of ether oxygens (including phenoxy) is 5. The Hall–Kier alpha value is -5.11. The van der Waals surface area contributed by atoms with E-state index in [-0.39, 0.29) is 38.3 Å². The summed E-state index contributed by atoms with van der Waals surface area (Å²) in [4.78, 5) is 43.6. The third-order valence-corrected chi connectivity index (χ3v) is 12.1. The summed E-state index contributed by atoms with van der Waals surface area (Å²) in [5.41, 5.74) is -0.375. The number of hydrogen-bond donors (Lipinski definition) is 2. The van der Waals surface area contributed by atoms with Crippen LogP contribution in [0, 0.1) is 11.3 Å². The first kappa shape index (κ1) is 46.9. The molecule has 2 heterocycles. The molecule has 16 nitrogen and oxygen atoms in total. The van der Waals surface area contributed by atoms with E-state index < -0.39 is 56.0 Å². The van der Waals surface area contributed by atoms with Gasteiger partial charge >= 0.3 is 11.8 Å². The van der Waals surface area contributed by atoms with Gasteiger partial charge in [-0.15, -0.1) is 0 Å². The van der Waals surface area contributed by atoms with Crippen LogP contribution in [0.15, 0.2) is 101 Å². The Morgan fingerprint density at radius 3 is 2.02 bits per heavy atom. The second-order valence-electron chi connectivity index (χ2n) is 15.1. The van der Waals surface area contributed by atoms with Crippen LogP contribution in [0.2, 0.25) is 0 Å². The standard InChI is InChI=1S/C44H57N6O10P/c1-30(2)50(31(3)4)61(57-28-12-24-45)60-39-37(58-41(49-26-23-38(51)47-42(49)52)40(39)59-43(53)46-25-27-48(5)6)29-56-44(32-13-10-9-11-14-32,33-15-19-35(54-7)20-16-33)34-17-21-36(55-8)22-18-34/h9-11,13-23,26,30-31,37,39-41H,12,25,27-29H2,1-8H3,(H,46,53)(H,47,51,52)/t37-,39-,40-,41-,61?/m1/s1. The number of nitrogens with one attached hydrogen (secondary N) is 2. The van der Waals surface area contributed by atoms with Crippen LogP contribution in [-0.2, 0) is 28.9 Å². The molecular formula is C44H57N6O10P. The van der Waals surface area contributed by atoms with E-state index in [9.17, 15) is 19.6 Å². The van der Waals surface area contributed by atoms with Crippen molar-refractivity contribution in [1.29, 1.82) is 5.26 Å². The number of carbonyl (C=O) groups excluding carboxylic acids is 1. The van der Waals surface area contributed by atoms with Gasteiger partial charge in [0.1, 0.15) is 29.3 Å². The minimum Gasteiger partial charge on any atom is -0.497 e. The maximum Gasteiger partial charge on any atom is 0.407 e. The van der Waals surface area contributed by atoms with Crippen molar-refractivity contribution >= 4 is 14.6 Å². The predicted octanol–water partition coefficient (Wildman–Crippen LogP) is 5.78. The van der Waals surface area contributed by atoms with Gasteiger partial charge < -0.3 is 42.9 Å². The molecule has 1 unspecified atom stereocenters. The Balaban J connectivity index is 1.69. The number of nitriles is 1. The monoisotopic (exact) mass is 860 g/mol. The number of amides is 1. The zero-order valence-electron chi connectivity index (χ0n) is 36.0. The van der Waals surface area contributed by atoms with Crippen LogP contribution in [0.3, 0.4) is 0 Å². The van der Waals surface area contributed by atoms with Crippen molar-refractivity contribution in [2.45, 2.75) is 76.3 Å². The lowest BCUT2D eigenvalue weighted by atomic mass is 9.80. The summed E-state index contributed by atoms with van der Waals surface area (Å²) in [6.45, 7) is 8.70. The van der Waals surface area contributed by atoms with Gasteiger partial charge in [-0.05, 0) is 82.7 Å². The van der Waals surface area contributed by atoms with E-state index in [1.54, 1.807) is 14.2 Å². The quantitative estimate of drug-likeness (QED) is 0.0586. The maximum atomic E-state index is 13.6. The summed E-state index contributed by atoms with van der Waals surface area (Å²) in [6.07, 6.45) is -4.12. The molecule has 3 aromatic carbocycles. The number of benzene rings is 3. The van der Waals surface area contributed by atoms with Gasteiger partial charge in [0.15, 0.2) is 12.3 Å². The summed E-state index contributed by atoms with van der Waals surface area (Å²) in [5, 5.41) is 12.2. The van der Waals surface area contributed by atoms with E-state index in [2.05, 4.69) is 16.4 Å². The van der Waals surface area contributed by atoms with Crippen LogP contribution < -0.4 is 26.0 Å². The molecule has 1 aliphatic rings. The molecular weight excluding hydrogens is 803 g/mol. The molecule has 5 rings (SSSR count). The topological polar surface area (TPSA) is 179 Å². The summed E-state index contributed by atoms with van der Waals surface area (Å²) >= 11 is 0. The van der Waals surface area contributed by atoms with Gasteiger partial charge in [-0.3, -0.25) is 14.3 Å². The number of carbonyl (C=O) groups is 1. The molecule has 1 fully saturated rings. The number of nitrogens with zero attached hydrogens (tertiary/aromatic N) is 4. The number of aromatic nitrogens is 2. The maximum absolute atomic E-state index is 13.6. The second kappa shape index (κ2) is 22.1. The van der Waals surface area contributed by atoms with E-state index in [4.69, 9.17) is 32.7 Å². The molecule has 4 aromatic rings. The van der Waals surface area contributed by atoms with Gasteiger partial charge in [-0.1, -0.05) is 54.6 Å². The molecule has 0 aliphatic carbocycles. The van der Waals surface area contributed by atoms with Crippen LogP contribution in [0.4, 0.5) is 4.79 Å². The van der Waals surface area contributed by atoms with E-state index in [0.717, 1.165) is 21.3 Å². The highest BCUT2D eigenvalue weighted by Gasteiger charge is 2.53. The smallest absolute Gasteiger partial charge is 0.407 e. The lowest BCUT2D eigenvalue weighted by Gasteiger charge is -2.39. The van der Waals surface area contributed by atoms with E-state index >= 15 is 0 Å². The molecule has 5 atom stereocenters. The molecule has 1 aromatic heterocycles. The number of rotatable bonds is 21. The molecule has 0 saturated carbocycles. The molecule has 17 heteroatoms. The lowest BCUT2D eigenvalue weighted by molar-refractivity contribution is -0.0948. The van der Waals surface area contributed by atoms with Crippen molar-refractivity contribution < 1.29 is 37.5 Å². The SMILES string of the molecule is COc1ccc(C(OC[C@H]2O[C@@H](n3ccc(=O)[nH]c3=O)[C@H](OC(=O)NCCN(C)C)[C@@H]2OP(OCCC#N)N(C(C)C)C(C)C)(c2ccccc2)c2ccc(OC)cc2)cc1. The van der Waals surface area contributed by atoms with Gasteiger partial charge in [-0.2, -0.15) is 5.26 Å². The first-order valence-electron chi connectivity index (χ1n) is 20.1. The fourth-order valence-corrected chi connectivity index (χ4v) is 8.94. The van der Waals surface area contributed by atoms with Crippen molar-refractivity contribution in [3.8, 4) is 17.6 Å². The molecule has 1 amide bonds. The first-order chi connectivity index (χ1) is 29.3. The van der Waals surface area contributed by atoms with Crippen molar-refractivity contribution in [2.75, 3.05) is 54.6 Å². The Morgan fingerprint density at radius 1 is 0.902 bits per heavy atom. The van der Waals surface area contributed by atoms with Crippen molar-refractivity contribution in [3.05, 3.63) is 129 Å². The van der Waals surface area contributed by atoms with Gasteiger partial charge in [0.25, 0.3) is 14.1 Å². The molecule has 0 radical (unpaired) electrons. The molecule has 328 valence electrons. The third kappa shape index (κ3) is 11.6. The fraction of sp³-hybridized carbons (Fsp3) is 0.455. The van der Waals surface area contributed by atoms with Crippen LogP contribution in [0.5, 0.6) is 11.5 Å². The van der Waals surface area contributed by atoms with Crippen LogP contribution >= 0.6 is 8.53 Å². The third-order valence-electron chi connectivity index (χ3n) is 9.99. The van der Waals surface area contributed by atoms with Gasteiger partial charge in [0.05, 0.1) is 39.9 Å². The zero-order valence-corrected chi connectivity index (χ0v) is 36.9. The molecule has 1 saturated heterocycles. The summed E-state index contributed by atoms with van der Waals surface area (Å²) in [7, 11) is 5.00. The van der Waals surface area contributed by atoms with Gasteiger partial charge in [-0.25, -0.2) is 14.3 Å². The predicted molar refractivity (Wildman–Crippen MR) is 230 cm³/mol. The average Bonchev–Trinajstić information content (AvgIpc) is 3.56. The van der Waals surface area contributed by atoms with Crippen LogP contribution in [0.25, 0.3) is 0 Å². The Morgan fingerprint density at radius 2 is 1.49 bits per heavy atom. The fourth-order valence-electron chi connectivity index (χ4n) is 7.17. The first-order valence-corrected chi connectivity index (χ1v) is 21.3. The zero-order chi connectivity index (χ0) is 44.1. The van der Waals surface area contributed by atoms with E-state index in [0.29, 0.717) is 18.0 Å². The molecule has 1 aliphatic heterocycles. The minimum absolute atomic E-state index is 0.0678. The summed E-state index contributed by atoms with van der Waals surface area (Å²) in [6, 6.07) is 28.0. The van der Waals surface area contributed by atoms with Crippen LogP contribution in [-0.4, -0.2) is 110 Å². The highest BCUT2D eigenvalue weighted by atomic mass is 31.2. The molecule has 61 heavy (non-hydrogen) atoms. The number of methoxy groups -OCH3 is 2. The number of likely N-dealkylation sites (N-methyl/N-ethyl adjacent to an activating group) is 1. The number of alkyl carbamates (subject to hydrolysis) is 1. The van der Waals surface area contributed by atoms with Crippen molar-refractivity contribution in [3.63, 3.8) is 0 Å². The molecule has 2 N–H and O–H groups in total. The van der Waals surface area contributed by atoms with Crippen molar-refractivity contribution in [2.24, 2.45) is 0 Å². The van der Waals surface area contributed by atoms with Gasteiger partial charge in [0, 0.05) is 37.4 Å². The Kier molecular flexibility index (Phi) is 17.0. The van der Waals surface area contributed by atoms with E-state index in [1.165, 1.54) is 12.3 Å². The second-order valence-corrected chi connectivity index (χ2v) is 16.5. The lowest BCUT2D eigenvalue weighted by Crippen LogP contribution is -2.45. The average molecular weight is 861 g/mol. The van der Waals surface area contributed by atoms with Crippen molar-refractivity contribution in [1.82, 2.24) is 24.4 Å². The van der Waals surface area contributed by atoms with Gasteiger partial charge in [0.2, 0.25) is 0 Å². The largest absolute Gasteiger partial charge is 0.497 e. The number of H-pyrrole nitrogens is 1. The number of aromatic amines is 1. The molecule has 0 bridgehead atoms.